The maximum Gasteiger partial charge on any atom is 0.255 e. The molecule has 2 amide bonds. The highest BCUT2D eigenvalue weighted by Gasteiger charge is 2.33. The van der Waals surface area contributed by atoms with Crippen LogP contribution in [0.25, 0.3) is 11.1 Å². The topological polar surface area (TPSA) is 113 Å². The molecule has 0 spiro atoms. The minimum Gasteiger partial charge on any atom is -0.506 e. The summed E-state index contributed by atoms with van der Waals surface area (Å²) < 4.78 is 27.4. The van der Waals surface area contributed by atoms with Crippen LogP contribution in [0.3, 0.4) is 0 Å². The SMILES string of the molecule is CCCCCCCCCCCCCCCc1cccc(S(=O)(=O)C(CC)C(=O)Nc2cc(O)c(NC(=O)c3ccc(-c4ccccc4)cc3)cc2Cl)c1. The van der Waals surface area contributed by atoms with Gasteiger partial charge < -0.3 is 15.7 Å². The second-order valence-corrected chi connectivity index (χ2v) is 16.4. The first-order valence-corrected chi connectivity index (χ1v) is 21.2. The fraction of sp³-hybridized carbons (Fsp3) is 0.409. The molecule has 0 fully saturated rings. The molecule has 284 valence electrons. The number of hydrogen-bond acceptors (Lipinski definition) is 5. The maximum atomic E-state index is 13.7. The molecule has 0 aromatic heterocycles. The second-order valence-electron chi connectivity index (χ2n) is 13.8. The van der Waals surface area contributed by atoms with Gasteiger partial charge in [0, 0.05) is 11.6 Å². The Kier molecular flexibility index (Phi) is 16.9. The lowest BCUT2D eigenvalue weighted by Gasteiger charge is -2.18. The van der Waals surface area contributed by atoms with Crippen molar-refractivity contribution in [3.05, 3.63) is 107 Å². The predicted octanol–water partition coefficient (Wildman–Crippen LogP) is 11.8. The summed E-state index contributed by atoms with van der Waals surface area (Å²) in [6.45, 7) is 3.89. The molecule has 0 saturated carbocycles. The molecule has 0 aliphatic carbocycles. The smallest absolute Gasteiger partial charge is 0.255 e. The van der Waals surface area contributed by atoms with E-state index in [0.717, 1.165) is 36.0 Å². The van der Waals surface area contributed by atoms with E-state index in [4.69, 9.17) is 11.6 Å². The number of halogens is 1. The van der Waals surface area contributed by atoms with Crippen LogP contribution in [-0.4, -0.2) is 30.6 Å². The zero-order chi connectivity index (χ0) is 38.1. The normalized spacial score (nSPS) is 12.0. The fourth-order valence-electron chi connectivity index (χ4n) is 6.54. The quantitative estimate of drug-likeness (QED) is 0.0545. The summed E-state index contributed by atoms with van der Waals surface area (Å²) in [6.07, 6.45) is 17.3. The van der Waals surface area contributed by atoms with E-state index in [-0.39, 0.29) is 33.5 Å². The van der Waals surface area contributed by atoms with Gasteiger partial charge in [-0.25, -0.2) is 8.42 Å². The average Bonchev–Trinajstić information content (AvgIpc) is 3.16. The van der Waals surface area contributed by atoms with E-state index in [1.807, 2.05) is 48.5 Å². The number of amides is 2. The van der Waals surface area contributed by atoms with Crippen LogP contribution >= 0.6 is 11.6 Å². The molecule has 1 unspecified atom stereocenters. The summed E-state index contributed by atoms with van der Waals surface area (Å²) in [5, 5.41) is 14.6. The molecule has 1 atom stereocenters. The van der Waals surface area contributed by atoms with Gasteiger partial charge in [0.05, 0.1) is 21.3 Å². The van der Waals surface area contributed by atoms with Crippen molar-refractivity contribution in [3.63, 3.8) is 0 Å². The van der Waals surface area contributed by atoms with Gasteiger partial charge in [0.1, 0.15) is 11.0 Å². The summed E-state index contributed by atoms with van der Waals surface area (Å²) in [7, 11) is -4.02. The molecule has 0 radical (unpaired) electrons. The molecule has 0 saturated heterocycles. The van der Waals surface area contributed by atoms with Crippen molar-refractivity contribution in [2.24, 2.45) is 0 Å². The van der Waals surface area contributed by atoms with E-state index in [9.17, 15) is 23.1 Å². The highest BCUT2D eigenvalue weighted by molar-refractivity contribution is 7.92. The van der Waals surface area contributed by atoms with Crippen molar-refractivity contribution in [2.45, 2.75) is 120 Å². The molecule has 0 bridgehead atoms. The summed E-state index contributed by atoms with van der Waals surface area (Å²) in [5.41, 5.74) is 3.37. The van der Waals surface area contributed by atoms with Gasteiger partial charge in [-0.2, -0.15) is 0 Å². The standard InChI is InChI=1S/C44H55ClN2O5S/c1-3-5-6-7-8-9-10-11-12-13-14-15-17-21-33-22-20-25-37(30-33)53(51,52)42(4-2)44(50)46-39-32-41(48)40(31-38(39)45)47-43(49)36-28-26-35(27-29-36)34-23-18-16-19-24-34/h16,18-20,22-32,42,48H,3-15,17,21H2,1-2H3,(H,46,50)(H,47,49). The molecule has 0 aliphatic rings. The third-order valence-electron chi connectivity index (χ3n) is 9.68. The van der Waals surface area contributed by atoms with Crippen molar-refractivity contribution in [1.29, 1.82) is 0 Å². The molecule has 7 nitrogen and oxygen atoms in total. The van der Waals surface area contributed by atoms with E-state index in [1.165, 1.54) is 88.8 Å². The van der Waals surface area contributed by atoms with Gasteiger partial charge in [0.2, 0.25) is 5.91 Å². The molecule has 4 aromatic carbocycles. The highest BCUT2D eigenvalue weighted by Crippen LogP contribution is 2.35. The lowest BCUT2D eigenvalue weighted by molar-refractivity contribution is -0.115. The molecular weight excluding hydrogens is 704 g/mol. The Labute approximate surface area is 321 Å². The first kappa shape index (κ1) is 41.6. The van der Waals surface area contributed by atoms with Gasteiger partial charge in [-0.15, -0.1) is 0 Å². The number of aromatic hydroxyl groups is 1. The van der Waals surface area contributed by atoms with Gasteiger partial charge >= 0.3 is 0 Å². The van der Waals surface area contributed by atoms with Gasteiger partial charge in [-0.05, 0) is 66.3 Å². The Balaban J connectivity index is 1.27. The number of hydrogen-bond donors (Lipinski definition) is 3. The van der Waals surface area contributed by atoms with Crippen LogP contribution in [0, 0.1) is 0 Å². The second kappa shape index (κ2) is 21.5. The molecule has 4 aromatic rings. The van der Waals surface area contributed by atoms with Crippen molar-refractivity contribution < 1.29 is 23.1 Å². The minimum absolute atomic E-state index is 0.0259. The number of carbonyl (C=O) groups excluding carboxylic acids is 2. The van der Waals surface area contributed by atoms with Crippen LogP contribution in [0.15, 0.2) is 95.9 Å². The predicted molar refractivity (Wildman–Crippen MR) is 219 cm³/mol. The molecule has 9 heteroatoms. The van der Waals surface area contributed by atoms with E-state index in [0.29, 0.717) is 5.56 Å². The van der Waals surface area contributed by atoms with Crippen LogP contribution in [0.4, 0.5) is 11.4 Å². The third kappa shape index (κ3) is 12.7. The number of carbonyl (C=O) groups is 2. The summed E-state index contributed by atoms with van der Waals surface area (Å²) >= 11 is 6.46. The van der Waals surface area contributed by atoms with Crippen molar-refractivity contribution in [2.75, 3.05) is 10.6 Å². The summed E-state index contributed by atoms with van der Waals surface area (Å²) in [5.74, 6) is -1.55. The Hall–Kier alpha value is -4.14. The van der Waals surface area contributed by atoms with Crippen molar-refractivity contribution in [1.82, 2.24) is 0 Å². The Morgan fingerprint density at radius 3 is 1.85 bits per heavy atom. The summed E-state index contributed by atoms with van der Waals surface area (Å²) in [4.78, 5) is 26.5. The van der Waals surface area contributed by atoms with Gasteiger partial charge in [-0.3, -0.25) is 9.59 Å². The van der Waals surface area contributed by atoms with Crippen LogP contribution in [-0.2, 0) is 21.1 Å². The Morgan fingerprint density at radius 1 is 0.660 bits per heavy atom. The first-order valence-electron chi connectivity index (χ1n) is 19.3. The largest absolute Gasteiger partial charge is 0.506 e. The van der Waals surface area contributed by atoms with Gasteiger partial charge in [-0.1, -0.05) is 157 Å². The molecule has 53 heavy (non-hydrogen) atoms. The number of benzene rings is 4. The van der Waals surface area contributed by atoms with E-state index in [2.05, 4.69) is 17.6 Å². The van der Waals surface area contributed by atoms with Crippen LogP contribution in [0.2, 0.25) is 5.02 Å². The van der Waals surface area contributed by atoms with E-state index in [1.54, 1.807) is 31.2 Å². The van der Waals surface area contributed by atoms with Crippen LogP contribution in [0.5, 0.6) is 5.75 Å². The zero-order valence-corrected chi connectivity index (χ0v) is 32.8. The number of sulfone groups is 1. The van der Waals surface area contributed by atoms with Gasteiger partial charge in [0.15, 0.2) is 9.84 Å². The number of rotatable bonds is 22. The maximum absolute atomic E-state index is 13.7. The number of nitrogens with one attached hydrogen (secondary N) is 2. The Bertz CT molecular complexity index is 1860. The van der Waals surface area contributed by atoms with Gasteiger partial charge in [0.25, 0.3) is 5.91 Å². The fourth-order valence-corrected chi connectivity index (χ4v) is 8.45. The zero-order valence-electron chi connectivity index (χ0n) is 31.2. The van der Waals surface area contributed by atoms with Crippen LogP contribution in [0.1, 0.15) is 120 Å². The molecule has 3 N–H and O–H groups in total. The number of aryl methyl sites for hydroxylation is 1. The lowest BCUT2D eigenvalue weighted by atomic mass is 10.0. The van der Waals surface area contributed by atoms with E-state index < -0.39 is 26.9 Å². The van der Waals surface area contributed by atoms with Crippen molar-refractivity contribution in [3.8, 4) is 16.9 Å². The summed E-state index contributed by atoms with van der Waals surface area (Å²) in [6, 6.07) is 26.2. The monoisotopic (exact) mass is 758 g/mol. The Morgan fingerprint density at radius 2 is 1.25 bits per heavy atom. The number of phenolic OH excluding ortho intramolecular Hbond substituents is 1. The van der Waals surface area contributed by atoms with Crippen molar-refractivity contribution >= 4 is 44.6 Å². The highest BCUT2D eigenvalue weighted by atomic mass is 35.5. The number of phenols is 1. The molecule has 0 heterocycles. The third-order valence-corrected chi connectivity index (χ3v) is 12.2. The first-order chi connectivity index (χ1) is 25.6. The van der Waals surface area contributed by atoms with Crippen LogP contribution < -0.4 is 10.6 Å². The van der Waals surface area contributed by atoms with E-state index >= 15 is 0 Å². The minimum atomic E-state index is -4.02. The number of unbranched alkanes of at least 4 members (excludes halogenated alkanes) is 12. The number of anilines is 2. The molecular formula is C44H55ClN2O5S. The lowest BCUT2D eigenvalue weighted by Crippen LogP contribution is -2.34. The molecule has 0 aliphatic heterocycles. The average molecular weight is 759 g/mol. The molecule has 4 rings (SSSR count).